The monoisotopic (exact) mass is 571 g/mol. The topological polar surface area (TPSA) is 142 Å². The van der Waals surface area contributed by atoms with Gasteiger partial charge in [0.15, 0.2) is 0 Å². The van der Waals surface area contributed by atoms with E-state index >= 15 is 0 Å². The average Bonchev–Trinajstić information content (AvgIpc) is 3.24. The molecule has 200 valence electrons. The second-order valence-electron chi connectivity index (χ2n) is 8.25. The molecule has 2 aromatic heterocycles. The first-order valence-corrected chi connectivity index (χ1v) is 14.8. The summed E-state index contributed by atoms with van der Waals surface area (Å²) in [5.41, 5.74) is 7.06. The number of nitrogen functional groups attached to an aromatic ring is 1. The Balaban J connectivity index is 1.70. The number of hydrogen-bond donors (Lipinski definition) is 1. The maximum absolute atomic E-state index is 11.2. The molecule has 0 radical (unpaired) electrons. The third-order valence-electron chi connectivity index (χ3n) is 5.42. The van der Waals surface area contributed by atoms with Gasteiger partial charge in [0.25, 0.3) is 0 Å². The van der Waals surface area contributed by atoms with Crippen LogP contribution in [0.5, 0.6) is 0 Å². The van der Waals surface area contributed by atoms with Crippen molar-refractivity contribution in [3.8, 4) is 0 Å². The maximum atomic E-state index is 11.2. The number of hydrogen-bond acceptors (Lipinski definition) is 12. The number of rotatable bonds is 7. The number of nitrogens with two attached hydrogens (primary N) is 1. The average molecular weight is 572 g/mol. The molecule has 0 bridgehead atoms. The summed E-state index contributed by atoms with van der Waals surface area (Å²) in [5, 5.41) is 1.19. The molecule has 4 rings (SSSR count). The van der Waals surface area contributed by atoms with Crippen LogP contribution in [0.15, 0.2) is 40.6 Å². The van der Waals surface area contributed by atoms with E-state index in [4.69, 9.17) is 50.1 Å². The molecule has 3 atom stereocenters. The zero-order valence-corrected chi connectivity index (χ0v) is 23.3. The Bertz CT molecular complexity index is 1240. The second-order valence-corrected chi connectivity index (χ2v) is 12.3. The molecule has 0 aliphatic carbocycles. The standard InChI is InChI=1S/C21H28BClN5O7PS/c1-12-8-32-36(22,34-11-31-13(2)29)33-9-16(30-3)20(35-12)28-19-17(18(24)25-10-26-19)27-21(28)37-15-6-4-14(23)5-7-15/h4-7,10,12,16,20,36H,8-9,11,22H2,1-3H3,(H2,24,25,26)/t12-,16-,20+/m0/s1. The Morgan fingerprint density at radius 2 is 2.03 bits per heavy atom. The number of carbonyl (C=O) groups is 1. The Morgan fingerprint density at radius 1 is 1.30 bits per heavy atom. The van der Waals surface area contributed by atoms with E-state index in [0.717, 1.165) is 4.90 Å². The van der Waals surface area contributed by atoms with Crippen molar-refractivity contribution in [2.75, 3.05) is 32.9 Å². The van der Waals surface area contributed by atoms with Gasteiger partial charge in [-0.1, -0.05) is 0 Å². The molecule has 12 nitrogen and oxygen atoms in total. The molecule has 1 aliphatic heterocycles. The van der Waals surface area contributed by atoms with Crippen LogP contribution in [0.1, 0.15) is 20.1 Å². The van der Waals surface area contributed by atoms with Gasteiger partial charge in [-0.05, 0) is 0 Å². The SMILES string of the molecule is B[PH]1(OCOC(C)=O)OC[C@H](OC)[C@H](n2c(Sc3ccc(Cl)cc3)nc3c(N)ncnc32)O[C@@H](C)CO1. The fourth-order valence-corrected chi connectivity index (χ4v) is 6.08. The second kappa shape index (κ2) is 12.2. The molecular weight excluding hydrogens is 544 g/mol. The van der Waals surface area contributed by atoms with Gasteiger partial charge >= 0.3 is 225 Å². The molecule has 1 aliphatic rings. The molecule has 0 amide bonds. The van der Waals surface area contributed by atoms with Gasteiger partial charge < -0.3 is 0 Å². The molecule has 1 fully saturated rings. The van der Waals surface area contributed by atoms with Crippen molar-refractivity contribution in [1.29, 1.82) is 0 Å². The van der Waals surface area contributed by atoms with E-state index in [2.05, 4.69) is 9.97 Å². The fourth-order valence-electron chi connectivity index (χ4n) is 3.52. The van der Waals surface area contributed by atoms with E-state index in [-0.39, 0.29) is 25.8 Å². The van der Waals surface area contributed by atoms with E-state index in [1.54, 1.807) is 26.8 Å². The van der Waals surface area contributed by atoms with Gasteiger partial charge in [-0.25, -0.2) is 0 Å². The first kappa shape index (κ1) is 28.0. The number of methoxy groups -OCH3 is 1. The number of nitrogens with zero attached hydrogens (tertiary/aromatic N) is 4. The molecule has 16 heteroatoms. The van der Waals surface area contributed by atoms with Crippen molar-refractivity contribution in [2.24, 2.45) is 0 Å². The van der Waals surface area contributed by atoms with Crippen LogP contribution in [0.3, 0.4) is 0 Å². The van der Waals surface area contributed by atoms with Gasteiger partial charge in [0.05, 0.1) is 0 Å². The summed E-state index contributed by atoms with van der Waals surface area (Å²) in [7, 11) is 0.0768. The summed E-state index contributed by atoms with van der Waals surface area (Å²) in [6.07, 6.45) is -0.369. The van der Waals surface area contributed by atoms with Crippen molar-refractivity contribution < 1.29 is 32.6 Å². The zero-order valence-electron chi connectivity index (χ0n) is 20.8. The number of imidazole rings is 1. The number of fused-ring (bicyclic) bond motifs is 1. The van der Waals surface area contributed by atoms with Crippen LogP contribution >= 0.6 is 31.2 Å². The Labute approximate surface area is 224 Å². The number of halogens is 1. The van der Waals surface area contributed by atoms with E-state index in [1.165, 1.54) is 25.0 Å². The normalized spacial score (nSPS) is 23.1. The summed E-state index contributed by atoms with van der Waals surface area (Å²) < 4.78 is 36.8. The molecule has 3 aromatic rings. The van der Waals surface area contributed by atoms with E-state index < -0.39 is 32.2 Å². The summed E-state index contributed by atoms with van der Waals surface area (Å²) in [4.78, 5) is 25.3. The summed E-state index contributed by atoms with van der Waals surface area (Å²) in [6.45, 7) is 3.10. The van der Waals surface area contributed by atoms with Crippen LogP contribution in [-0.4, -0.2) is 72.4 Å². The molecule has 37 heavy (non-hydrogen) atoms. The number of carbonyl (C=O) groups excluding carboxylic acids is 1. The van der Waals surface area contributed by atoms with Crippen molar-refractivity contribution >= 4 is 61.7 Å². The minimum atomic E-state index is -3.20. The van der Waals surface area contributed by atoms with E-state index in [0.29, 0.717) is 21.3 Å². The Hall–Kier alpha value is -2.03. The zero-order chi connectivity index (χ0) is 26.6. The first-order valence-electron chi connectivity index (χ1n) is 11.3. The number of esters is 1. The van der Waals surface area contributed by atoms with Gasteiger partial charge in [0.2, 0.25) is 0 Å². The van der Waals surface area contributed by atoms with Gasteiger partial charge in [-0.15, -0.1) is 0 Å². The van der Waals surface area contributed by atoms with E-state index in [1.807, 2.05) is 23.6 Å². The summed E-state index contributed by atoms with van der Waals surface area (Å²) >= 11 is 7.46. The predicted octanol–water partition coefficient (Wildman–Crippen LogP) is 2.76. The fraction of sp³-hybridized carbons (Fsp3) is 0.429. The molecule has 1 saturated heterocycles. The predicted molar refractivity (Wildman–Crippen MR) is 142 cm³/mol. The number of anilines is 1. The molecule has 2 N–H and O–H groups in total. The minimum absolute atomic E-state index is 0.0575. The quantitative estimate of drug-likeness (QED) is 0.193. The van der Waals surface area contributed by atoms with Crippen LogP contribution in [0.25, 0.3) is 11.2 Å². The van der Waals surface area contributed by atoms with Gasteiger partial charge in [-0.2, -0.15) is 0 Å². The molecule has 1 aromatic carbocycles. The van der Waals surface area contributed by atoms with Gasteiger partial charge in [-0.3, -0.25) is 0 Å². The van der Waals surface area contributed by atoms with Crippen LogP contribution in [0.2, 0.25) is 5.02 Å². The van der Waals surface area contributed by atoms with Crippen molar-refractivity contribution in [2.45, 2.75) is 42.3 Å². The third kappa shape index (κ3) is 6.90. The van der Waals surface area contributed by atoms with E-state index in [9.17, 15) is 4.79 Å². The molecule has 3 heterocycles. The number of benzene rings is 1. The third-order valence-corrected chi connectivity index (χ3v) is 8.67. The van der Waals surface area contributed by atoms with Crippen LogP contribution in [0, 0.1) is 0 Å². The van der Waals surface area contributed by atoms with Gasteiger partial charge in [0, 0.05) is 0 Å². The molecule has 0 unspecified atom stereocenters. The van der Waals surface area contributed by atoms with Gasteiger partial charge in [0.1, 0.15) is 0 Å². The van der Waals surface area contributed by atoms with Crippen LogP contribution < -0.4 is 5.73 Å². The Morgan fingerprint density at radius 3 is 2.73 bits per heavy atom. The van der Waals surface area contributed by atoms with Crippen LogP contribution in [0.4, 0.5) is 5.82 Å². The number of aromatic nitrogens is 4. The number of ether oxygens (including phenoxy) is 3. The van der Waals surface area contributed by atoms with Crippen molar-refractivity contribution in [3.05, 3.63) is 35.6 Å². The Kier molecular flexibility index (Phi) is 9.25. The van der Waals surface area contributed by atoms with Crippen molar-refractivity contribution in [1.82, 2.24) is 19.5 Å². The first-order chi connectivity index (χ1) is 17.7. The summed E-state index contributed by atoms with van der Waals surface area (Å²) in [5.74, 6) is -0.226. The molecular formula is C21H28BClN5O7PS. The summed E-state index contributed by atoms with van der Waals surface area (Å²) in [6, 6.07) is 7.38. The molecule has 0 spiro atoms. The molecule has 0 saturated carbocycles. The van der Waals surface area contributed by atoms with Crippen LogP contribution in [-0.2, 0) is 32.6 Å². The van der Waals surface area contributed by atoms with Crippen molar-refractivity contribution in [3.63, 3.8) is 0 Å².